The van der Waals surface area contributed by atoms with Gasteiger partial charge in [-0.3, -0.25) is 0 Å². The molecule has 0 saturated carbocycles. The number of aromatic nitrogens is 2. The van der Waals surface area contributed by atoms with Gasteiger partial charge in [0.1, 0.15) is 0 Å². The lowest BCUT2D eigenvalue weighted by Crippen LogP contribution is -2.24. The van der Waals surface area contributed by atoms with Crippen LogP contribution in [-0.2, 0) is 4.74 Å². The molecular formula is C14H17BrN2OS. The van der Waals surface area contributed by atoms with Gasteiger partial charge >= 0.3 is 0 Å². The molecule has 1 aromatic heterocycles. The zero-order chi connectivity index (χ0) is 13.4. The van der Waals surface area contributed by atoms with Crippen LogP contribution in [0.2, 0.25) is 0 Å². The first kappa shape index (κ1) is 13.3. The second kappa shape index (κ2) is 5.38. The summed E-state index contributed by atoms with van der Waals surface area (Å²) in [5.74, 6) is 0.642. The number of hydrogen-bond donors (Lipinski definition) is 1. The van der Waals surface area contributed by atoms with Crippen molar-refractivity contribution < 1.29 is 4.74 Å². The number of aromatic amines is 1. The van der Waals surface area contributed by atoms with Crippen LogP contribution in [0.5, 0.6) is 0 Å². The van der Waals surface area contributed by atoms with Gasteiger partial charge in [0, 0.05) is 23.7 Å². The summed E-state index contributed by atoms with van der Waals surface area (Å²) in [7, 11) is 0. The topological polar surface area (TPSA) is 29.9 Å². The van der Waals surface area contributed by atoms with E-state index in [1.54, 1.807) is 0 Å². The van der Waals surface area contributed by atoms with Crippen molar-refractivity contribution in [2.75, 3.05) is 13.2 Å². The second-order valence-electron chi connectivity index (χ2n) is 5.15. The SMILES string of the molecule is CC(C1CCOCC1)n1c(=S)[nH]c2cc(Br)ccc21. The third-order valence-electron chi connectivity index (χ3n) is 4.03. The molecule has 0 spiro atoms. The molecule has 1 aliphatic rings. The van der Waals surface area contributed by atoms with Crippen LogP contribution in [0.15, 0.2) is 22.7 Å². The second-order valence-corrected chi connectivity index (χ2v) is 6.45. The summed E-state index contributed by atoms with van der Waals surface area (Å²) in [5, 5.41) is 0. The molecule has 1 aromatic carbocycles. The minimum atomic E-state index is 0.409. The molecule has 1 saturated heterocycles. The average molecular weight is 341 g/mol. The first-order valence-electron chi connectivity index (χ1n) is 6.64. The van der Waals surface area contributed by atoms with E-state index in [4.69, 9.17) is 17.0 Å². The Kier molecular flexibility index (Phi) is 3.78. The zero-order valence-corrected chi connectivity index (χ0v) is 13.3. The van der Waals surface area contributed by atoms with Crippen LogP contribution in [0.25, 0.3) is 11.0 Å². The molecule has 1 N–H and O–H groups in total. The minimum absolute atomic E-state index is 0.409. The number of H-pyrrole nitrogens is 1. The van der Waals surface area contributed by atoms with E-state index >= 15 is 0 Å². The highest BCUT2D eigenvalue weighted by atomic mass is 79.9. The summed E-state index contributed by atoms with van der Waals surface area (Å²) >= 11 is 9.00. The number of nitrogens with zero attached hydrogens (tertiary/aromatic N) is 1. The van der Waals surface area contributed by atoms with Gasteiger partial charge < -0.3 is 14.3 Å². The van der Waals surface area contributed by atoms with Gasteiger partial charge in [-0.15, -0.1) is 0 Å². The Labute approximate surface area is 126 Å². The Morgan fingerprint density at radius 3 is 2.89 bits per heavy atom. The molecule has 2 heterocycles. The first-order valence-corrected chi connectivity index (χ1v) is 7.84. The number of nitrogens with one attached hydrogen (secondary N) is 1. The van der Waals surface area contributed by atoms with Crippen molar-refractivity contribution in [3.63, 3.8) is 0 Å². The molecular weight excluding hydrogens is 324 g/mol. The fourth-order valence-electron chi connectivity index (χ4n) is 2.92. The molecule has 1 fully saturated rings. The first-order chi connectivity index (χ1) is 9.16. The number of benzene rings is 1. The maximum atomic E-state index is 5.50. The van der Waals surface area contributed by atoms with E-state index in [0.29, 0.717) is 12.0 Å². The Balaban J connectivity index is 2.03. The molecule has 0 aliphatic carbocycles. The maximum Gasteiger partial charge on any atom is 0.178 e. The lowest BCUT2D eigenvalue weighted by molar-refractivity contribution is 0.0517. The quantitative estimate of drug-likeness (QED) is 0.818. The molecule has 1 atom stereocenters. The molecule has 3 rings (SSSR count). The largest absolute Gasteiger partial charge is 0.381 e. The van der Waals surface area contributed by atoms with Gasteiger partial charge in [-0.05, 0) is 56.1 Å². The zero-order valence-electron chi connectivity index (χ0n) is 10.9. The third-order valence-corrected chi connectivity index (χ3v) is 4.83. The van der Waals surface area contributed by atoms with Gasteiger partial charge in [0.25, 0.3) is 0 Å². The molecule has 0 amide bonds. The van der Waals surface area contributed by atoms with E-state index in [9.17, 15) is 0 Å². The van der Waals surface area contributed by atoms with Crippen molar-refractivity contribution in [2.24, 2.45) is 5.92 Å². The number of rotatable bonds is 2. The highest BCUT2D eigenvalue weighted by molar-refractivity contribution is 9.10. The van der Waals surface area contributed by atoms with Gasteiger partial charge in [-0.1, -0.05) is 15.9 Å². The van der Waals surface area contributed by atoms with Crippen molar-refractivity contribution in [2.45, 2.75) is 25.8 Å². The molecule has 102 valence electrons. The van der Waals surface area contributed by atoms with E-state index in [1.807, 2.05) is 0 Å². The molecule has 1 aliphatic heterocycles. The normalized spacial score (nSPS) is 18.8. The molecule has 5 heteroatoms. The van der Waals surface area contributed by atoms with Crippen molar-refractivity contribution in [3.8, 4) is 0 Å². The number of halogens is 1. The minimum Gasteiger partial charge on any atom is -0.381 e. The highest BCUT2D eigenvalue weighted by Gasteiger charge is 2.23. The number of ether oxygens (including phenoxy) is 1. The van der Waals surface area contributed by atoms with Crippen LogP contribution in [0.1, 0.15) is 25.8 Å². The van der Waals surface area contributed by atoms with E-state index < -0.39 is 0 Å². The van der Waals surface area contributed by atoms with Crippen LogP contribution in [0, 0.1) is 10.7 Å². The van der Waals surface area contributed by atoms with Gasteiger partial charge in [-0.25, -0.2) is 0 Å². The van der Waals surface area contributed by atoms with Crippen molar-refractivity contribution in [1.82, 2.24) is 9.55 Å². The number of hydrogen-bond acceptors (Lipinski definition) is 2. The molecule has 2 aromatic rings. The van der Waals surface area contributed by atoms with Crippen molar-refractivity contribution in [3.05, 3.63) is 27.4 Å². The van der Waals surface area contributed by atoms with Crippen LogP contribution in [0.4, 0.5) is 0 Å². The van der Waals surface area contributed by atoms with Gasteiger partial charge in [0.15, 0.2) is 4.77 Å². The van der Waals surface area contributed by atoms with Crippen LogP contribution < -0.4 is 0 Å². The fraction of sp³-hybridized carbons (Fsp3) is 0.500. The fourth-order valence-corrected chi connectivity index (χ4v) is 3.65. The average Bonchev–Trinajstić information content (AvgIpc) is 2.74. The third kappa shape index (κ3) is 2.51. The van der Waals surface area contributed by atoms with Crippen LogP contribution in [-0.4, -0.2) is 22.8 Å². The Hall–Kier alpha value is -0.650. The van der Waals surface area contributed by atoms with E-state index in [0.717, 1.165) is 40.8 Å². The summed E-state index contributed by atoms with van der Waals surface area (Å²) in [6.45, 7) is 4.01. The van der Waals surface area contributed by atoms with Gasteiger partial charge in [-0.2, -0.15) is 0 Å². The van der Waals surface area contributed by atoms with Crippen molar-refractivity contribution >= 4 is 39.2 Å². The highest BCUT2D eigenvalue weighted by Crippen LogP contribution is 2.31. The molecule has 19 heavy (non-hydrogen) atoms. The summed E-state index contributed by atoms with van der Waals surface area (Å²) in [5.41, 5.74) is 2.28. The van der Waals surface area contributed by atoms with Crippen molar-refractivity contribution in [1.29, 1.82) is 0 Å². The lowest BCUT2D eigenvalue weighted by Gasteiger charge is -2.29. The monoisotopic (exact) mass is 340 g/mol. The van der Waals surface area contributed by atoms with E-state index in [1.165, 1.54) is 5.52 Å². The van der Waals surface area contributed by atoms with E-state index in [-0.39, 0.29) is 0 Å². The molecule has 0 bridgehead atoms. The standard InChI is InChI=1S/C14H17BrN2OS/c1-9(10-4-6-18-7-5-10)17-13-3-2-11(15)8-12(13)16-14(17)19/h2-3,8-10H,4-7H2,1H3,(H,16,19). The predicted octanol–water partition coefficient (Wildman–Crippen LogP) is 4.45. The summed E-state index contributed by atoms with van der Waals surface area (Å²) in [4.78, 5) is 3.30. The van der Waals surface area contributed by atoms with Gasteiger partial charge in [0.2, 0.25) is 0 Å². The number of imidazole rings is 1. The molecule has 1 unspecified atom stereocenters. The van der Waals surface area contributed by atoms with E-state index in [2.05, 4.69) is 50.6 Å². The maximum absolute atomic E-state index is 5.50. The number of fused-ring (bicyclic) bond motifs is 1. The summed E-state index contributed by atoms with van der Waals surface area (Å²) in [6, 6.07) is 6.68. The lowest BCUT2D eigenvalue weighted by atomic mass is 9.92. The molecule has 3 nitrogen and oxygen atoms in total. The Bertz CT molecular complexity index is 642. The molecule has 0 radical (unpaired) electrons. The predicted molar refractivity (Wildman–Crippen MR) is 83.1 cm³/mol. The summed E-state index contributed by atoms with van der Waals surface area (Å²) in [6.07, 6.45) is 2.23. The Morgan fingerprint density at radius 1 is 1.42 bits per heavy atom. The van der Waals surface area contributed by atoms with Crippen LogP contribution >= 0.6 is 28.1 Å². The Morgan fingerprint density at radius 2 is 2.16 bits per heavy atom. The smallest absolute Gasteiger partial charge is 0.178 e. The van der Waals surface area contributed by atoms with Gasteiger partial charge in [0.05, 0.1) is 11.0 Å². The van der Waals surface area contributed by atoms with Crippen LogP contribution in [0.3, 0.4) is 0 Å². The summed E-state index contributed by atoms with van der Waals surface area (Å²) < 4.78 is 9.59.